The standard InChI is InChI=1S/C25H33N5O2/c1-17-14-18(2)27-25(26-17)29(3)21-12-10-20(11-13-21)28-24(32)19-15-23(31)30(16-19)22-8-6-4-5-7-9-22/h10-14,19,22H,4-9,15-16H2,1-3H3,(H,28,32). The fraction of sp³-hybridized carbons (Fsp3) is 0.520. The molecule has 1 aliphatic heterocycles. The van der Waals surface area contributed by atoms with E-state index in [2.05, 4.69) is 15.3 Å². The average Bonchev–Trinajstić information content (AvgIpc) is 2.97. The number of hydrogen-bond acceptors (Lipinski definition) is 5. The smallest absolute Gasteiger partial charge is 0.230 e. The van der Waals surface area contributed by atoms with Gasteiger partial charge >= 0.3 is 0 Å². The summed E-state index contributed by atoms with van der Waals surface area (Å²) in [5.41, 5.74) is 3.51. The second-order valence-electron chi connectivity index (χ2n) is 9.14. The van der Waals surface area contributed by atoms with Crippen LogP contribution in [-0.4, -0.2) is 46.3 Å². The van der Waals surface area contributed by atoms with Crippen LogP contribution in [0.2, 0.25) is 0 Å². The van der Waals surface area contributed by atoms with Crippen molar-refractivity contribution in [2.45, 2.75) is 64.8 Å². The molecule has 1 aromatic heterocycles. The zero-order valence-electron chi connectivity index (χ0n) is 19.3. The monoisotopic (exact) mass is 435 g/mol. The lowest BCUT2D eigenvalue weighted by molar-refractivity contribution is -0.130. The third kappa shape index (κ3) is 5.09. The Kier molecular flexibility index (Phi) is 6.72. The fourth-order valence-electron chi connectivity index (χ4n) is 4.82. The van der Waals surface area contributed by atoms with Crippen LogP contribution < -0.4 is 10.2 Å². The van der Waals surface area contributed by atoms with Gasteiger partial charge in [0.05, 0.1) is 5.92 Å². The van der Waals surface area contributed by atoms with Gasteiger partial charge in [-0.15, -0.1) is 0 Å². The van der Waals surface area contributed by atoms with Crippen LogP contribution in [0.3, 0.4) is 0 Å². The highest BCUT2D eigenvalue weighted by atomic mass is 16.2. The molecule has 2 fully saturated rings. The molecule has 1 atom stereocenters. The minimum atomic E-state index is -0.281. The summed E-state index contributed by atoms with van der Waals surface area (Å²) in [6.45, 7) is 4.45. The summed E-state index contributed by atoms with van der Waals surface area (Å²) in [4.78, 5) is 38.3. The molecule has 2 aromatic rings. The number of carbonyl (C=O) groups is 2. The maximum Gasteiger partial charge on any atom is 0.230 e. The molecular weight excluding hydrogens is 402 g/mol. The number of carbonyl (C=O) groups excluding carboxylic acids is 2. The third-order valence-corrected chi connectivity index (χ3v) is 6.59. The first-order valence-corrected chi connectivity index (χ1v) is 11.7. The van der Waals surface area contributed by atoms with Crippen molar-refractivity contribution < 1.29 is 9.59 Å². The van der Waals surface area contributed by atoms with Crippen LogP contribution in [0.5, 0.6) is 0 Å². The molecule has 7 nitrogen and oxygen atoms in total. The molecule has 7 heteroatoms. The predicted octanol–water partition coefficient (Wildman–Crippen LogP) is 4.37. The normalized spacial score (nSPS) is 19.7. The van der Waals surface area contributed by atoms with Crippen molar-refractivity contribution in [2.75, 3.05) is 23.8 Å². The number of aromatic nitrogens is 2. The van der Waals surface area contributed by atoms with E-state index < -0.39 is 0 Å². The molecule has 170 valence electrons. The SMILES string of the molecule is Cc1cc(C)nc(N(C)c2ccc(NC(=O)C3CC(=O)N(C4CCCCCC4)C3)cc2)n1. The topological polar surface area (TPSA) is 78.4 Å². The summed E-state index contributed by atoms with van der Waals surface area (Å²) in [6.07, 6.45) is 7.32. The number of likely N-dealkylation sites (tertiary alicyclic amines) is 1. The van der Waals surface area contributed by atoms with Crippen LogP contribution in [0, 0.1) is 19.8 Å². The molecule has 4 rings (SSSR count). The van der Waals surface area contributed by atoms with Crippen LogP contribution in [0.4, 0.5) is 17.3 Å². The number of nitrogens with zero attached hydrogens (tertiary/aromatic N) is 4. The minimum Gasteiger partial charge on any atom is -0.339 e. The van der Waals surface area contributed by atoms with E-state index in [1.54, 1.807) is 0 Å². The van der Waals surface area contributed by atoms with Crippen molar-refractivity contribution in [3.8, 4) is 0 Å². The molecule has 2 heterocycles. The summed E-state index contributed by atoms with van der Waals surface area (Å²) in [5.74, 6) is 0.412. The lowest BCUT2D eigenvalue weighted by Gasteiger charge is -2.27. The number of rotatable bonds is 5. The Morgan fingerprint density at radius 2 is 1.66 bits per heavy atom. The quantitative estimate of drug-likeness (QED) is 0.706. The molecule has 0 bridgehead atoms. The lowest BCUT2D eigenvalue weighted by Crippen LogP contribution is -2.37. The number of anilines is 3. The van der Waals surface area contributed by atoms with Crippen molar-refractivity contribution >= 4 is 29.1 Å². The Balaban J connectivity index is 1.37. The summed E-state index contributed by atoms with van der Waals surface area (Å²) in [5, 5.41) is 3.00. The van der Waals surface area contributed by atoms with Crippen LogP contribution in [0.15, 0.2) is 30.3 Å². The molecule has 2 amide bonds. The van der Waals surface area contributed by atoms with Crippen LogP contribution in [0.25, 0.3) is 0 Å². The highest BCUT2D eigenvalue weighted by Crippen LogP contribution is 2.29. The Morgan fingerprint density at radius 3 is 2.28 bits per heavy atom. The fourth-order valence-corrected chi connectivity index (χ4v) is 4.82. The summed E-state index contributed by atoms with van der Waals surface area (Å²) in [6, 6.07) is 9.90. The third-order valence-electron chi connectivity index (χ3n) is 6.59. The molecule has 1 unspecified atom stereocenters. The van der Waals surface area contributed by atoms with E-state index in [4.69, 9.17) is 0 Å². The average molecular weight is 436 g/mol. The van der Waals surface area contributed by atoms with Crippen molar-refractivity contribution in [2.24, 2.45) is 5.92 Å². The van der Waals surface area contributed by atoms with E-state index in [1.807, 2.05) is 61.0 Å². The van der Waals surface area contributed by atoms with Gasteiger partial charge in [0.2, 0.25) is 17.8 Å². The number of nitrogens with one attached hydrogen (secondary N) is 1. The zero-order valence-corrected chi connectivity index (χ0v) is 19.3. The lowest BCUT2D eigenvalue weighted by atomic mass is 10.1. The van der Waals surface area contributed by atoms with E-state index >= 15 is 0 Å². The van der Waals surface area contributed by atoms with Crippen molar-refractivity contribution in [3.63, 3.8) is 0 Å². The Labute approximate surface area is 190 Å². The van der Waals surface area contributed by atoms with Gasteiger partial charge in [0.1, 0.15) is 0 Å². The molecule has 2 aliphatic rings. The van der Waals surface area contributed by atoms with E-state index in [1.165, 1.54) is 25.7 Å². The van der Waals surface area contributed by atoms with E-state index in [9.17, 15) is 9.59 Å². The first-order chi connectivity index (χ1) is 15.4. The summed E-state index contributed by atoms with van der Waals surface area (Å²) < 4.78 is 0. The van der Waals surface area contributed by atoms with Crippen molar-refractivity contribution in [1.29, 1.82) is 0 Å². The second-order valence-corrected chi connectivity index (χ2v) is 9.14. The van der Waals surface area contributed by atoms with Crippen molar-refractivity contribution in [1.82, 2.24) is 14.9 Å². The summed E-state index contributed by atoms with van der Waals surface area (Å²) >= 11 is 0. The van der Waals surface area contributed by atoms with Gasteiger partial charge in [-0.3, -0.25) is 9.59 Å². The summed E-state index contributed by atoms with van der Waals surface area (Å²) in [7, 11) is 1.92. The molecule has 1 saturated heterocycles. The minimum absolute atomic E-state index is 0.0757. The molecule has 0 spiro atoms. The van der Waals surface area contributed by atoms with Crippen molar-refractivity contribution in [3.05, 3.63) is 41.7 Å². The van der Waals surface area contributed by atoms with Gasteiger partial charge in [-0.05, 0) is 57.0 Å². The molecular formula is C25H33N5O2. The highest BCUT2D eigenvalue weighted by molar-refractivity contribution is 5.97. The van der Waals surface area contributed by atoms with Gasteiger partial charge in [-0.25, -0.2) is 9.97 Å². The zero-order chi connectivity index (χ0) is 22.7. The molecule has 1 saturated carbocycles. The van der Waals surface area contributed by atoms with Crippen LogP contribution in [0.1, 0.15) is 56.3 Å². The number of aryl methyl sites for hydroxylation is 2. The first-order valence-electron chi connectivity index (χ1n) is 11.7. The number of benzene rings is 1. The molecule has 1 N–H and O–H groups in total. The predicted molar refractivity (Wildman–Crippen MR) is 126 cm³/mol. The molecule has 1 aliphatic carbocycles. The molecule has 32 heavy (non-hydrogen) atoms. The van der Waals surface area contributed by atoms with E-state index in [0.717, 1.165) is 35.6 Å². The van der Waals surface area contributed by atoms with Gasteiger partial charge in [-0.2, -0.15) is 0 Å². The van der Waals surface area contributed by atoms with E-state index in [-0.39, 0.29) is 17.7 Å². The Hall–Kier alpha value is -2.96. The van der Waals surface area contributed by atoms with Gasteiger partial charge in [0.25, 0.3) is 0 Å². The van der Waals surface area contributed by atoms with Gasteiger partial charge in [0, 0.05) is 48.8 Å². The Bertz CT molecular complexity index is 947. The second kappa shape index (κ2) is 9.67. The van der Waals surface area contributed by atoms with Gasteiger partial charge in [0.15, 0.2) is 0 Å². The van der Waals surface area contributed by atoms with Crippen LogP contribution in [-0.2, 0) is 9.59 Å². The first kappa shape index (κ1) is 22.2. The number of hydrogen-bond donors (Lipinski definition) is 1. The molecule has 0 radical (unpaired) electrons. The largest absolute Gasteiger partial charge is 0.339 e. The van der Waals surface area contributed by atoms with Gasteiger partial charge in [-0.1, -0.05) is 25.7 Å². The van der Waals surface area contributed by atoms with Crippen LogP contribution >= 0.6 is 0 Å². The Morgan fingerprint density at radius 1 is 1.03 bits per heavy atom. The van der Waals surface area contributed by atoms with E-state index in [0.29, 0.717) is 25.0 Å². The maximum atomic E-state index is 12.9. The number of amides is 2. The highest BCUT2D eigenvalue weighted by Gasteiger charge is 2.37. The van der Waals surface area contributed by atoms with Gasteiger partial charge < -0.3 is 15.1 Å². The maximum absolute atomic E-state index is 12.9. The molecule has 1 aromatic carbocycles.